The van der Waals surface area contributed by atoms with E-state index in [9.17, 15) is 9.59 Å². The molecule has 0 atom stereocenters. The molecule has 0 unspecified atom stereocenters. The lowest BCUT2D eigenvalue weighted by Crippen LogP contribution is -2.28. The number of anilines is 1. The first-order valence-corrected chi connectivity index (χ1v) is 9.87. The molecule has 4 aromatic rings. The van der Waals surface area contributed by atoms with Gasteiger partial charge in [0.1, 0.15) is 0 Å². The van der Waals surface area contributed by atoms with Crippen molar-refractivity contribution >= 4 is 22.4 Å². The second-order valence-corrected chi connectivity index (χ2v) is 7.57. The Labute approximate surface area is 175 Å². The zero-order chi connectivity index (χ0) is 21.3. The van der Waals surface area contributed by atoms with E-state index in [1.54, 1.807) is 18.2 Å². The SMILES string of the molecule is Cc1cc(C)c(NC(=O)c2nn(Cc3ccccc3)c(=O)c3ccccc23)c(C)c1. The van der Waals surface area contributed by atoms with Gasteiger partial charge >= 0.3 is 0 Å². The lowest BCUT2D eigenvalue weighted by Gasteiger charge is -2.15. The summed E-state index contributed by atoms with van der Waals surface area (Å²) < 4.78 is 1.36. The number of nitrogens with zero attached hydrogens (tertiary/aromatic N) is 2. The number of hydrogen-bond donors (Lipinski definition) is 1. The highest BCUT2D eigenvalue weighted by molar-refractivity contribution is 6.11. The van der Waals surface area contributed by atoms with Gasteiger partial charge in [0.05, 0.1) is 11.9 Å². The Balaban J connectivity index is 1.81. The van der Waals surface area contributed by atoms with Gasteiger partial charge in [0.2, 0.25) is 0 Å². The third-order valence-corrected chi connectivity index (χ3v) is 5.17. The fourth-order valence-electron chi connectivity index (χ4n) is 3.82. The van der Waals surface area contributed by atoms with Crippen LogP contribution in [0.15, 0.2) is 71.5 Å². The molecule has 150 valence electrons. The summed E-state index contributed by atoms with van der Waals surface area (Å²) in [7, 11) is 0. The third-order valence-electron chi connectivity index (χ3n) is 5.17. The lowest BCUT2D eigenvalue weighted by molar-refractivity contribution is 0.102. The maximum atomic E-state index is 13.2. The molecule has 1 aromatic heterocycles. The molecule has 4 rings (SSSR count). The minimum atomic E-state index is -0.330. The smallest absolute Gasteiger partial charge is 0.276 e. The van der Waals surface area contributed by atoms with Crippen LogP contribution in [0.4, 0.5) is 5.69 Å². The van der Waals surface area contributed by atoms with Crippen LogP contribution in [-0.2, 0) is 6.54 Å². The van der Waals surface area contributed by atoms with Crippen LogP contribution in [-0.4, -0.2) is 15.7 Å². The van der Waals surface area contributed by atoms with Crippen molar-refractivity contribution in [2.24, 2.45) is 0 Å². The van der Waals surface area contributed by atoms with Gasteiger partial charge < -0.3 is 5.32 Å². The molecule has 0 aliphatic carbocycles. The van der Waals surface area contributed by atoms with Crippen molar-refractivity contribution in [3.63, 3.8) is 0 Å². The average molecular weight is 397 g/mol. The van der Waals surface area contributed by atoms with E-state index in [-0.39, 0.29) is 17.2 Å². The highest BCUT2D eigenvalue weighted by atomic mass is 16.2. The minimum Gasteiger partial charge on any atom is -0.320 e. The van der Waals surface area contributed by atoms with Gasteiger partial charge in [0.25, 0.3) is 11.5 Å². The predicted molar refractivity (Wildman–Crippen MR) is 120 cm³/mol. The van der Waals surface area contributed by atoms with Gasteiger partial charge in [-0.3, -0.25) is 9.59 Å². The fraction of sp³-hybridized carbons (Fsp3) is 0.160. The number of carbonyl (C=O) groups is 1. The highest BCUT2D eigenvalue weighted by Gasteiger charge is 2.18. The number of benzene rings is 3. The van der Waals surface area contributed by atoms with E-state index in [0.29, 0.717) is 17.3 Å². The number of aromatic nitrogens is 2. The van der Waals surface area contributed by atoms with E-state index in [4.69, 9.17) is 0 Å². The van der Waals surface area contributed by atoms with Crippen LogP contribution in [0.1, 0.15) is 32.7 Å². The van der Waals surface area contributed by atoms with Crippen LogP contribution in [0.2, 0.25) is 0 Å². The quantitative estimate of drug-likeness (QED) is 0.546. The number of fused-ring (bicyclic) bond motifs is 1. The minimum absolute atomic E-state index is 0.214. The standard InChI is InChI=1S/C25H23N3O2/c1-16-13-17(2)22(18(3)14-16)26-24(29)23-20-11-7-8-12-21(20)25(30)28(27-23)15-19-9-5-4-6-10-19/h4-14H,15H2,1-3H3,(H,26,29). The molecule has 1 amide bonds. The number of carbonyl (C=O) groups excluding carboxylic acids is 1. The van der Waals surface area contributed by atoms with Crippen molar-refractivity contribution in [1.29, 1.82) is 0 Å². The molecule has 1 heterocycles. The Hall–Kier alpha value is -3.73. The van der Waals surface area contributed by atoms with E-state index in [0.717, 1.165) is 27.9 Å². The number of hydrogen-bond acceptors (Lipinski definition) is 3. The van der Waals surface area contributed by atoms with Gasteiger partial charge in [0, 0.05) is 11.1 Å². The number of rotatable bonds is 4. The van der Waals surface area contributed by atoms with Crippen LogP contribution in [0.3, 0.4) is 0 Å². The Bertz CT molecular complexity index is 1280. The zero-order valence-electron chi connectivity index (χ0n) is 17.3. The Morgan fingerprint density at radius 2 is 1.50 bits per heavy atom. The van der Waals surface area contributed by atoms with Crippen molar-refractivity contribution in [2.45, 2.75) is 27.3 Å². The Kier molecular flexibility index (Phi) is 5.19. The molecular formula is C25H23N3O2. The molecular weight excluding hydrogens is 374 g/mol. The van der Waals surface area contributed by atoms with Gasteiger partial charge in [-0.05, 0) is 43.5 Å². The first-order valence-electron chi connectivity index (χ1n) is 9.87. The number of nitrogens with one attached hydrogen (secondary N) is 1. The molecule has 0 bridgehead atoms. The van der Waals surface area contributed by atoms with Crippen LogP contribution in [0, 0.1) is 20.8 Å². The number of aryl methyl sites for hydroxylation is 3. The summed E-state index contributed by atoms with van der Waals surface area (Å²) in [5, 5.41) is 8.49. The lowest BCUT2D eigenvalue weighted by atomic mass is 10.0. The first-order chi connectivity index (χ1) is 14.4. The summed E-state index contributed by atoms with van der Waals surface area (Å²) in [5.41, 5.74) is 4.86. The molecule has 0 aliphatic heterocycles. The molecule has 3 aromatic carbocycles. The van der Waals surface area contributed by atoms with Crippen molar-refractivity contribution in [3.8, 4) is 0 Å². The van der Waals surface area contributed by atoms with E-state index in [1.165, 1.54) is 4.68 Å². The van der Waals surface area contributed by atoms with Crippen molar-refractivity contribution < 1.29 is 4.79 Å². The van der Waals surface area contributed by atoms with E-state index >= 15 is 0 Å². The predicted octanol–water partition coefficient (Wildman–Crippen LogP) is 4.62. The van der Waals surface area contributed by atoms with E-state index < -0.39 is 0 Å². The normalized spacial score (nSPS) is 10.9. The van der Waals surface area contributed by atoms with Crippen LogP contribution in [0.25, 0.3) is 10.8 Å². The summed E-state index contributed by atoms with van der Waals surface area (Å²) in [6.45, 7) is 6.27. The van der Waals surface area contributed by atoms with Crippen LogP contribution < -0.4 is 10.9 Å². The maximum Gasteiger partial charge on any atom is 0.276 e. The second kappa shape index (κ2) is 7.95. The van der Waals surface area contributed by atoms with Crippen LogP contribution >= 0.6 is 0 Å². The Morgan fingerprint density at radius 3 is 2.17 bits per heavy atom. The summed E-state index contributed by atoms with van der Waals surface area (Å²) in [6, 6.07) is 20.8. The summed E-state index contributed by atoms with van der Waals surface area (Å²) in [5.74, 6) is -0.330. The fourth-order valence-corrected chi connectivity index (χ4v) is 3.82. The average Bonchev–Trinajstić information content (AvgIpc) is 2.73. The van der Waals surface area contributed by atoms with Crippen molar-refractivity contribution in [2.75, 3.05) is 5.32 Å². The molecule has 0 radical (unpaired) electrons. The third kappa shape index (κ3) is 3.74. The highest BCUT2D eigenvalue weighted by Crippen LogP contribution is 2.23. The molecule has 0 aliphatic rings. The molecule has 0 spiro atoms. The van der Waals surface area contributed by atoms with Gasteiger partial charge in [0.15, 0.2) is 5.69 Å². The van der Waals surface area contributed by atoms with Gasteiger partial charge in [-0.25, -0.2) is 4.68 Å². The van der Waals surface area contributed by atoms with E-state index in [2.05, 4.69) is 10.4 Å². The first kappa shape index (κ1) is 19.6. The van der Waals surface area contributed by atoms with Crippen molar-refractivity contribution in [3.05, 3.63) is 105 Å². The summed E-state index contributed by atoms with van der Waals surface area (Å²) >= 11 is 0. The van der Waals surface area contributed by atoms with Crippen molar-refractivity contribution in [1.82, 2.24) is 9.78 Å². The molecule has 1 N–H and O–H groups in total. The number of amides is 1. The molecule has 30 heavy (non-hydrogen) atoms. The summed E-state index contributed by atoms with van der Waals surface area (Å²) in [6.07, 6.45) is 0. The molecule has 5 nitrogen and oxygen atoms in total. The molecule has 0 saturated carbocycles. The topological polar surface area (TPSA) is 64.0 Å². The largest absolute Gasteiger partial charge is 0.320 e. The zero-order valence-corrected chi connectivity index (χ0v) is 17.3. The Morgan fingerprint density at radius 1 is 0.900 bits per heavy atom. The molecule has 5 heteroatoms. The van der Waals surface area contributed by atoms with Crippen LogP contribution in [0.5, 0.6) is 0 Å². The molecule has 0 fully saturated rings. The van der Waals surface area contributed by atoms with E-state index in [1.807, 2.05) is 69.3 Å². The second-order valence-electron chi connectivity index (χ2n) is 7.57. The molecule has 0 saturated heterocycles. The monoisotopic (exact) mass is 397 g/mol. The summed E-state index contributed by atoms with van der Waals surface area (Å²) in [4.78, 5) is 26.2. The van der Waals surface area contributed by atoms with Gasteiger partial charge in [-0.1, -0.05) is 66.2 Å². The maximum absolute atomic E-state index is 13.2. The van der Waals surface area contributed by atoms with Gasteiger partial charge in [-0.2, -0.15) is 5.10 Å². The van der Waals surface area contributed by atoms with Gasteiger partial charge in [-0.15, -0.1) is 0 Å².